The molecule has 7 nitrogen and oxygen atoms in total. The molecule has 0 bridgehead atoms. The summed E-state index contributed by atoms with van der Waals surface area (Å²) in [5.41, 5.74) is 6.48. The Morgan fingerprint density at radius 2 is 2.28 bits per heavy atom. The maximum Gasteiger partial charge on any atom is 0.356 e. The van der Waals surface area contributed by atoms with Crippen molar-refractivity contribution in [1.29, 1.82) is 0 Å². The molecule has 8 heteroatoms. The second-order valence-electron chi connectivity index (χ2n) is 3.35. The van der Waals surface area contributed by atoms with Crippen molar-refractivity contribution in [2.75, 3.05) is 12.8 Å². The number of rotatable bonds is 3. The van der Waals surface area contributed by atoms with Crippen molar-refractivity contribution >= 4 is 23.4 Å². The number of nitrogens with two attached hydrogens (primary N) is 1. The Morgan fingerprint density at radius 1 is 1.50 bits per heavy atom. The molecule has 2 rings (SSSR count). The van der Waals surface area contributed by atoms with E-state index >= 15 is 0 Å². The normalized spacial score (nSPS) is 10.3. The van der Waals surface area contributed by atoms with Gasteiger partial charge in [-0.05, 0) is 23.9 Å². The first-order valence-electron chi connectivity index (χ1n) is 4.98. The van der Waals surface area contributed by atoms with Crippen LogP contribution in [0, 0.1) is 0 Å². The molecule has 0 aliphatic carbocycles. The quantitative estimate of drug-likeness (QED) is 0.817. The van der Waals surface area contributed by atoms with Crippen LogP contribution in [-0.2, 0) is 11.8 Å². The van der Waals surface area contributed by atoms with Crippen LogP contribution >= 0.6 is 11.8 Å². The van der Waals surface area contributed by atoms with Crippen LogP contribution in [0.4, 0.5) is 5.69 Å². The van der Waals surface area contributed by atoms with Crippen LogP contribution in [0.25, 0.3) is 0 Å². The van der Waals surface area contributed by atoms with Crippen molar-refractivity contribution in [3.8, 4) is 0 Å². The van der Waals surface area contributed by atoms with Gasteiger partial charge in [0.1, 0.15) is 17.0 Å². The number of ether oxygens (including phenoxy) is 1. The van der Waals surface area contributed by atoms with E-state index < -0.39 is 5.97 Å². The summed E-state index contributed by atoms with van der Waals surface area (Å²) in [6, 6.07) is 3.12. The number of methoxy groups -OCH3 is 1. The number of esters is 1. The standard InChI is InChI=1S/C10H11N5O2S/c1-15-10(12-5-13-15)18-8-6(11)3-4-7(14-8)9(16)17-2/h3-5H,11H2,1-2H3. The first-order valence-corrected chi connectivity index (χ1v) is 5.80. The van der Waals surface area contributed by atoms with Gasteiger partial charge in [-0.1, -0.05) is 0 Å². The highest BCUT2D eigenvalue weighted by atomic mass is 32.2. The van der Waals surface area contributed by atoms with Gasteiger partial charge in [0.05, 0.1) is 12.8 Å². The first-order chi connectivity index (χ1) is 8.61. The fourth-order valence-electron chi connectivity index (χ4n) is 1.22. The number of carbonyl (C=O) groups excluding carboxylic acids is 1. The lowest BCUT2D eigenvalue weighted by atomic mass is 10.3. The van der Waals surface area contributed by atoms with Gasteiger partial charge in [-0.3, -0.25) is 0 Å². The van der Waals surface area contributed by atoms with E-state index in [0.717, 1.165) is 0 Å². The number of nitrogen functional groups attached to an aromatic ring is 1. The Hall–Kier alpha value is -2.09. The van der Waals surface area contributed by atoms with Crippen LogP contribution in [0.3, 0.4) is 0 Å². The minimum Gasteiger partial charge on any atom is -0.464 e. The average molecular weight is 265 g/mol. The maximum absolute atomic E-state index is 11.4. The molecular formula is C10H11N5O2S. The summed E-state index contributed by atoms with van der Waals surface area (Å²) in [4.78, 5) is 19.6. The second-order valence-corrected chi connectivity index (χ2v) is 4.31. The molecule has 0 aliphatic rings. The molecule has 0 radical (unpaired) electrons. The molecule has 0 amide bonds. The SMILES string of the molecule is COC(=O)c1ccc(N)c(Sc2ncnn2C)n1. The first kappa shape index (κ1) is 12.4. The van der Waals surface area contributed by atoms with Gasteiger partial charge in [-0.15, -0.1) is 0 Å². The van der Waals surface area contributed by atoms with E-state index in [1.54, 1.807) is 17.8 Å². The molecule has 2 N–H and O–H groups in total. The van der Waals surface area contributed by atoms with Gasteiger partial charge >= 0.3 is 5.97 Å². The molecule has 2 aromatic heterocycles. The highest BCUT2D eigenvalue weighted by Crippen LogP contribution is 2.28. The molecule has 94 valence electrons. The van der Waals surface area contributed by atoms with E-state index in [0.29, 0.717) is 15.9 Å². The minimum atomic E-state index is -0.505. The summed E-state index contributed by atoms with van der Waals surface area (Å²) in [7, 11) is 3.06. The number of anilines is 1. The fourth-order valence-corrected chi connectivity index (χ4v) is 2.00. The highest BCUT2D eigenvalue weighted by molar-refractivity contribution is 7.99. The fraction of sp³-hybridized carbons (Fsp3) is 0.200. The third kappa shape index (κ3) is 2.43. The van der Waals surface area contributed by atoms with Gasteiger partial charge < -0.3 is 10.5 Å². The number of carbonyl (C=O) groups is 1. The smallest absolute Gasteiger partial charge is 0.356 e. The zero-order valence-corrected chi connectivity index (χ0v) is 10.6. The number of aryl methyl sites for hydroxylation is 1. The van der Waals surface area contributed by atoms with Crippen LogP contribution < -0.4 is 5.73 Å². The van der Waals surface area contributed by atoms with Gasteiger partial charge in [0.15, 0.2) is 5.16 Å². The Labute approximate surface area is 107 Å². The van der Waals surface area contributed by atoms with E-state index in [1.807, 2.05) is 0 Å². The summed E-state index contributed by atoms with van der Waals surface area (Å²) in [6.45, 7) is 0. The van der Waals surface area contributed by atoms with Crippen molar-refractivity contribution in [1.82, 2.24) is 19.7 Å². The molecule has 0 unspecified atom stereocenters. The predicted octanol–water partition coefficient (Wildman–Crippen LogP) is 0.730. The van der Waals surface area contributed by atoms with Crippen LogP contribution in [0.1, 0.15) is 10.5 Å². The second kappa shape index (κ2) is 5.05. The van der Waals surface area contributed by atoms with E-state index in [2.05, 4.69) is 19.8 Å². The molecule has 0 saturated carbocycles. The Balaban J connectivity index is 2.32. The maximum atomic E-state index is 11.4. The summed E-state index contributed by atoms with van der Waals surface area (Å²) in [5, 5.41) is 5.07. The van der Waals surface area contributed by atoms with Gasteiger partial charge in [-0.2, -0.15) is 5.10 Å². The molecule has 2 aromatic rings. The minimum absolute atomic E-state index is 0.205. The molecular weight excluding hydrogens is 254 g/mol. The van der Waals surface area contributed by atoms with Crippen LogP contribution in [0.15, 0.2) is 28.6 Å². The van der Waals surface area contributed by atoms with E-state index in [1.165, 1.54) is 31.3 Å². The molecule has 0 atom stereocenters. The number of aromatic nitrogens is 4. The van der Waals surface area contributed by atoms with E-state index in [9.17, 15) is 4.79 Å². The molecule has 0 spiro atoms. The van der Waals surface area contributed by atoms with E-state index in [4.69, 9.17) is 5.73 Å². The van der Waals surface area contributed by atoms with Gasteiger partial charge in [0.25, 0.3) is 0 Å². The summed E-state index contributed by atoms with van der Waals surface area (Å²) < 4.78 is 6.20. The third-order valence-electron chi connectivity index (χ3n) is 2.14. The zero-order chi connectivity index (χ0) is 13.1. The van der Waals surface area contributed by atoms with Crippen LogP contribution in [0.5, 0.6) is 0 Å². The summed E-state index contributed by atoms with van der Waals surface area (Å²) in [6.07, 6.45) is 1.43. The lowest BCUT2D eigenvalue weighted by molar-refractivity contribution is 0.0593. The van der Waals surface area contributed by atoms with Crippen molar-refractivity contribution in [2.45, 2.75) is 10.2 Å². The monoisotopic (exact) mass is 265 g/mol. The zero-order valence-electron chi connectivity index (χ0n) is 9.82. The summed E-state index contributed by atoms with van der Waals surface area (Å²) >= 11 is 1.24. The van der Waals surface area contributed by atoms with Crippen molar-refractivity contribution in [3.63, 3.8) is 0 Å². The van der Waals surface area contributed by atoms with Crippen molar-refractivity contribution in [2.24, 2.45) is 7.05 Å². The molecule has 0 aliphatic heterocycles. The molecule has 0 saturated heterocycles. The largest absolute Gasteiger partial charge is 0.464 e. The lowest BCUT2D eigenvalue weighted by Crippen LogP contribution is -2.06. The Kier molecular flexibility index (Phi) is 3.47. The number of hydrogen-bond acceptors (Lipinski definition) is 7. The topological polar surface area (TPSA) is 95.9 Å². The average Bonchev–Trinajstić information content (AvgIpc) is 2.77. The molecule has 0 aromatic carbocycles. The Morgan fingerprint density at radius 3 is 2.89 bits per heavy atom. The lowest BCUT2D eigenvalue weighted by Gasteiger charge is -2.05. The summed E-state index contributed by atoms with van der Waals surface area (Å²) in [5.74, 6) is -0.505. The Bertz CT molecular complexity index is 583. The number of nitrogens with zero attached hydrogens (tertiary/aromatic N) is 4. The van der Waals surface area contributed by atoms with Crippen LogP contribution in [-0.4, -0.2) is 32.8 Å². The number of pyridine rings is 1. The number of hydrogen-bond donors (Lipinski definition) is 1. The predicted molar refractivity (Wildman–Crippen MR) is 65.1 cm³/mol. The van der Waals surface area contributed by atoms with Gasteiger partial charge in [0.2, 0.25) is 0 Å². The van der Waals surface area contributed by atoms with Crippen LogP contribution in [0.2, 0.25) is 0 Å². The molecule has 18 heavy (non-hydrogen) atoms. The van der Waals surface area contributed by atoms with Crippen molar-refractivity contribution in [3.05, 3.63) is 24.2 Å². The molecule has 0 fully saturated rings. The van der Waals surface area contributed by atoms with Gasteiger partial charge in [0, 0.05) is 7.05 Å². The van der Waals surface area contributed by atoms with Gasteiger partial charge in [-0.25, -0.2) is 19.4 Å². The highest BCUT2D eigenvalue weighted by Gasteiger charge is 2.13. The molecule has 2 heterocycles. The van der Waals surface area contributed by atoms with E-state index in [-0.39, 0.29) is 5.69 Å². The van der Waals surface area contributed by atoms with Crippen molar-refractivity contribution < 1.29 is 9.53 Å². The third-order valence-corrected chi connectivity index (χ3v) is 3.21.